The van der Waals surface area contributed by atoms with Crippen LogP contribution in [0, 0.1) is 11.6 Å². The number of carbonyl (C=O) groups is 1. The lowest BCUT2D eigenvalue weighted by Crippen LogP contribution is -2.33. The van der Waals surface area contributed by atoms with Crippen LogP contribution in [0.25, 0.3) is 0 Å². The van der Waals surface area contributed by atoms with E-state index in [1.807, 2.05) is 0 Å². The first kappa shape index (κ1) is 25.2. The Morgan fingerprint density at radius 2 is 1.86 bits per heavy atom. The molecule has 36 heavy (non-hydrogen) atoms. The average molecular weight is 525 g/mol. The number of rotatable bonds is 8. The molecular formula is C22H20F4N6O3S. The minimum atomic E-state index is -3.85. The standard InChI is InChI=1S/C22H20F4N6O3S/c1-31(36(2,34)35)18-8-3-5-14(23)13(18)11-32(21(25)26)20-15(24)10-27-22(30-20)29-17-7-4-6-16-12(17)9-19(33)28-16/h3-8,10,21H,9,11H2,1-2H3,(H,28,33)(H,27,29,30). The van der Waals surface area contributed by atoms with E-state index >= 15 is 0 Å². The van der Waals surface area contributed by atoms with Crippen LogP contribution in [0.2, 0.25) is 0 Å². The molecule has 190 valence electrons. The Bertz CT molecular complexity index is 1440. The Morgan fingerprint density at radius 1 is 1.14 bits per heavy atom. The minimum absolute atomic E-state index is 0.0691. The van der Waals surface area contributed by atoms with Crippen molar-refractivity contribution in [3.8, 4) is 0 Å². The molecule has 1 amide bonds. The van der Waals surface area contributed by atoms with E-state index in [-0.39, 0.29) is 28.9 Å². The number of carbonyl (C=O) groups excluding carboxylic acids is 1. The number of benzene rings is 2. The molecule has 0 unspecified atom stereocenters. The number of nitrogens with one attached hydrogen (secondary N) is 2. The van der Waals surface area contributed by atoms with Gasteiger partial charge in [-0.3, -0.25) is 14.0 Å². The van der Waals surface area contributed by atoms with Gasteiger partial charge in [0, 0.05) is 29.5 Å². The maximum atomic E-state index is 14.7. The van der Waals surface area contributed by atoms with Gasteiger partial charge in [0.1, 0.15) is 5.82 Å². The Hall–Kier alpha value is -3.94. The number of halogens is 4. The van der Waals surface area contributed by atoms with Crippen LogP contribution in [0.1, 0.15) is 11.1 Å². The van der Waals surface area contributed by atoms with Gasteiger partial charge in [0.25, 0.3) is 0 Å². The van der Waals surface area contributed by atoms with Crippen molar-refractivity contribution in [2.75, 3.05) is 33.1 Å². The molecule has 14 heteroatoms. The largest absolute Gasteiger partial charge is 0.325 e. The maximum Gasteiger partial charge on any atom is 0.316 e. The summed E-state index contributed by atoms with van der Waals surface area (Å²) in [6.45, 7) is -4.23. The van der Waals surface area contributed by atoms with Crippen molar-refractivity contribution in [2.45, 2.75) is 19.5 Å². The normalized spacial score (nSPS) is 12.9. The Labute approximate surface area is 203 Å². The molecule has 3 aromatic rings. The van der Waals surface area contributed by atoms with Crippen molar-refractivity contribution in [1.82, 2.24) is 9.97 Å². The molecular weight excluding hydrogens is 504 g/mol. The zero-order chi connectivity index (χ0) is 26.2. The number of hydrogen-bond donors (Lipinski definition) is 2. The highest BCUT2D eigenvalue weighted by Gasteiger charge is 2.28. The number of sulfonamides is 1. The molecule has 2 heterocycles. The van der Waals surface area contributed by atoms with Gasteiger partial charge in [0.15, 0.2) is 11.6 Å². The summed E-state index contributed by atoms with van der Waals surface area (Å²) in [7, 11) is -2.71. The van der Waals surface area contributed by atoms with Gasteiger partial charge in [-0.25, -0.2) is 22.2 Å². The molecule has 0 saturated carbocycles. The van der Waals surface area contributed by atoms with Crippen LogP contribution in [0.4, 0.5) is 46.4 Å². The number of alkyl halides is 2. The molecule has 1 aliphatic heterocycles. The van der Waals surface area contributed by atoms with E-state index in [1.165, 1.54) is 12.1 Å². The zero-order valence-electron chi connectivity index (χ0n) is 19.0. The predicted octanol–water partition coefficient (Wildman–Crippen LogP) is 3.62. The van der Waals surface area contributed by atoms with Gasteiger partial charge < -0.3 is 10.6 Å². The summed E-state index contributed by atoms with van der Waals surface area (Å²) in [5.74, 6) is -3.47. The van der Waals surface area contributed by atoms with Crippen LogP contribution in [0.3, 0.4) is 0 Å². The van der Waals surface area contributed by atoms with Crippen LogP contribution in [0.15, 0.2) is 42.6 Å². The van der Waals surface area contributed by atoms with Gasteiger partial charge in [-0.2, -0.15) is 13.8 Å². The van der Waals surface area contributed by atoms with E-state index in [9.17, 15) is 30.8 Å². The number of aromatic nitrogens is 2. The lowest BCUT2D eigenvalue weighted by molar-refractivity contribution is -0.115. The number of fused-ring (bicyclic) bond motifs is 1. The SMILES string of the molecule is CN(c1cccc(F)c1CN(c1nc(Nc2cccc3c2CC(=O)N3)ncc1F)C(F)F)S(C)(=O)=O. The zero-order valence-corrected chi connectivity index (χ0v) is 19.8. The Morgan fingerprint density at radius 3 is 2.56 bits per heavy atom. The molecule has 0 atom stereocenters. The molecule has 2 aromatic carbocycles. The predicted molar refractivity (Wildman–Crippen MR) is 126 cm³/mol. The number of amides is 1. The molecule has 4 rings (SSSR count). The van der Waals surface area contributed by atoms with Crippen LogP contribution in [-0.4, -0.2) is 44.1 Å². The van der Waals surface area contributed by atoms with Crippen molar-refractivity contribution in [3.05, 3.63) is 65.4 Å². The smallest absolute Gasteiger partial charge is 0.316 e. The van der Waals surface area contributed by atoms with E-state index in [1.54, 1.807) is 18.2 Å². The van der Waals surface area contributed by atoms with E-state index in [0.29, 0.717) is 23.1 Å². The average Bonchev–Trinajstić information content (AvgIpc) is 3.19. The molecule has 0 saturated heterocycles. The first-order valence-electron chi connectivity index (χ1n) is 10.4. The van der Waals surface area contributed by atoms with Crippen LogP contribution >= 0.6 is 0 Å². The fraction of sp³-hybridized carbons (Fsp3) is 0.227. The highest BCUT2D eigenvalue weighted by atomic mass is 32.2. The number of nitrogens with zero attached hydrogens (tertiary/aromatic N) is 4. The molecule has 0 spiro atoms. The van der Waals surface area contributed by atoms with Crippen molar-refractivity contribution in [2.24, 2.45) is 0 Å². The molecule has 1 aliphatic rings. The number of hydrogen-bond acceptors (Lipinski definition) is 7. The summed E-state index contributed by atoms with van der Waals surface area (Å²) >= 11 is 0. The van der Waals surface area contributed by atoms with E-state index in [0.717, 1.165) is 23.7 Å². The van der Waals surface area contributed by atoms with Gasteiger partial charge in [-0.1, -0.05) is 12.1 Å². The van der Waals surface area contributed by atoms with Gasteiger partial charge in [-0.05, 0) is 24.3 Å². The van der Waals surface area contributed by atoms with E-state index in [2.05, 4.69) is 20.6 Å². The first-order valence-corrected chi connectivity index (χ1v) is 12.3. The highest BCUT2D eigenvalue weighted by Crippen LogP contribution is 2.33. The van der Waals surface area contributed by atoms with Crippen molar-refractivity contribution in [1.29, 1.82) is 0 Å². The first-order chi connectivity index (χ1) is 17.0. The van der Waals surface area contributed by atoms with Crippen molar-refractivity contribution < 1.29 is 30.8 Å². The summed E-state index contributed by atoms with van der Waals surface area (Å²) in [5.41, 5.74) is 0.987. The highest BCUT2D eigenvalue weighted by molar-refractivity contribution is 7.92. The summed E-state index contributed by atoms with van der Waals surface area (Å²) in [5, 5.41) is 5.46. The fourth-order valence-corrected chi connectivity index (χ4v) is 4.22. The van der Waals surface area contributed by atoms with Crippen LogP contribution < -0.4 is 19.8 Å². The second kappa shape index (κ2) is 9.60. The van der Waals surface area contributed by atoms with E-state index in [4.69, 9.17) is 0 Å². The molecule has 0 radical (unpaired) electrons. The van der Waals surface area contributed by atoms with Gasteiger partial charge in [-0.15, -0.1) is 0 Å². The van der Waals surface area contributed by atoms with Gasteiger partial charge in [0.2, 0.25) is 21.9 Å². The van der Waals surface area contributed by atoms with Crippen molar-refractivity contribution in [3.63, 3.8) is 0 Å². The molecule has 9 nitrogen and oxygen atoms in total. The molecule has 0 aliphatic carbocycles. The van der Waals surface area contributed by atoms with Crippen LogP contribution in [-0.2, 0) is 27.8 Å². The third-order valence-corrected chi connectivity index (χ3v) is 6.72. The molecule has 0 fully saturated rings. The van der Waals surface area contributed by atoms with Gasteiger partial charge in [0.05, 0.1) is 31.1 Å². The lowest BCUT2D eigenvalue weighted by Gasteiger charge is -2.27. The minimum Gasteiger partial charge on any atom is -0.325 e. The number of anilines is 5. The summed E-state index contributed by atoms with van der Waals surface area (Å²) in [6, 6.07) is 8.39. The second-order valence-corrected chi connectivity index (χ2v) is 9.93. The second-order valence-electron chi connectivity index (χ2n) is 7.92. The van der Waals surface area contributed by atoms with E-state index < -0.39 is 46.1 Å². The van der Waals surface area contributed by atoms with Crippen molar-refractivity contribution >= 4 is 44.8 Å². The van der Waals surface area contributed by atoms with Gasteiger partial charge >= 0.3 is 6.55 Å². The third kappa shape index (κ3) is 5.03. The third-order valence-electron chi connectivity index (χ3n) is 5.53. The lowest BCUT2D eigenvalue weighted by atomic mass is 10.1. The summed E-state index contributed by atoms with van der Waals surface area (Å²) in [6.07, 6.45) is 1.62. The summed E-state index contributed by atoms with van der Waals surface area (Å²) in [4.78, 5) is 19.6. The molecule has 0 bridgehead atoms. The Kier molecular flexibility index (Phi) is 6.71. The molecule has 1 aromatic heterocycles. The monoisotopic (exact) mass is 524 g/mol. The Balaban J connectivity index is 1.71. The fourth-order valence-electron chi connectivity index (χ4n) is 3.69. The molecule has 2 N–H and O–H groups in total. The topological polar surface area (TPSA) is 108 Å². The summed E-state index contributed by atoms with van der Waals surface area (Å²) < 4.78 is 82.3. The quantitative estimate of drug-likeness (QED) is 0.342. The maximum absolute atomic E-state index is 14.7. The van der Waals surface area contributed by atoms with Crippen LogP contribution in [0.5, 0.6) is 0 Å².